The molecule has 0 heterocycles. The second kappa shape index (κ2) is 7.59. The summed E-state index contributed by atoms with van der Waals surface area (Å²) in [6, 6.07) is 13.5. The Labute approximate surface area is 140 Å². The summed E-state index contributed by atoms with van der Waals surface area (Å²) < 4.78 is 25.5. The predicted octanol–water partition coefficient (Wildman–Crippen LogP) is 2.82. The lowest BCUT2D eigenvalue weighted by Gasteiger charge is -2.07. The van der Waals surface area contributed by atoms with Crippen LogP contribution in [0.3, 0.4) is 0 Å². The van der Waals surface area contributed by atoms with Crippen molar-refractivity contribution in [2.45, 2.75) is 17.7 Å². The minimum atomic E-state index is -3.44. The Morgan fingerprint density at radius 3 is 2.35 bits per heavy atom. The van der Waals surface area contributed by atoms with Gasteiger partial charge in [-0.2, -0.15) is 0 Å². The van der Waals surface area contributed by atoms with Crippen LogP contribution < -0.4 is 10.0 Å². The van der Waals surface area contributed by atoms with Gasteiger partial charge in [0.2, 0.25) is 15.9 Å². The number of amides is 1. The van der Waals surface area contributed by atoms with Gasteiger partial charge in [0.05, 0.1) is 15.6 Å². The molecule has 0 saturated carbocycles. The smallest absolute Gasteiger partial charge is 0.240 e. The van der Waals surface area contributed by atoms with Crippen molar-refractivity contribution in [2.24, 2.45) is 0 Å². The van der Waals surface area contributed by atoms with E-state index in [2.05, 4.69) is 10.0 Å². The van der Waals surface area contributed by atoms with Gasteiger partial charge in [-0.3, -0.25) is 4.79 Å². The van der Waals surface area contributed by atoms with Crippen LogP contribution in [0.15, 0.2) is 53.4 Å². The summed E-state index contributed by atoms with van der Waals surface area (Å²) in [5.74, 6) is -0.148. The maximum Gasteiger partial charge on any atom is 0.240 e. The molecule has 2 rings (SSSR count). The number of halogens is 1. The van der Waals surface area contributed by atoms with Crippen LogP contribution in [0.2, 0.25) is 5.02 Å². The molecule has 0 bridgehead atoms. The molecule has 0 aromatic heterocycles. The van der Waals surface area contributed by atoms with Crippen LogP contribution in [0.25, 0.3) is 0 Å². The molecule has 7 heteroatoms. The van der Waals surface area contributed by atoms with Crippen molar-refractivity contribution in [1.82, 2.24) is 4.72 Å². The summed E-state index contributed by atoms with van der Waals surface area (Å²) in [4.78, 5) is 12.1. The van der Waals surface area contributed by atoms with Crippen LogP contribution >= 0.6 is 11.6 Å². The monoisotopic (exact) mass is 352 g/mol. The second-order valence-corrected chi connectivity index (χ2v) is 7.17. The number of anilines is 1. The van der Waals surface area contributed by atoms with Crippen LogP contribution in [-0.2, 0) is 21.2 Å². The van der Waals surface area contributed by atoms with Gasteiger partial charge in [0.1, 0.15) is 0 Å². The van der Waals surface area contributed by atoms with Crippen LogP contribution in [0, 0.1) is 0 Å². The first-order valence-corrected chi connectivity index (χ1v) is 8.85. The molecule has 0 aliphatic carbocycles. The lowest BCUT2D eigenvalue weighted by molar-refractivity contribution is -0.116. The highest BCUT2D eigenvalue weighted by Crippen LogP contribution is 2.20. The van der Waals surface area contributed by atoms with Gasteiger partial charge < -0.3 is 5.32 Å². The summed E-state index contributed by atoms with van der Waals surface area (Å²) in [5, 5.41) is 3.24. The van der Waals surface area contributed by atoms with Gasteiger partial charge in [0.15, 0.2) is 0 Å². The van der Waals surface area contributed by atoms with Crippen LogP contribution in [0.4, 0.5) is 5.69 Å². The Bertz CT molecular complexity index is 789. The maximum atomic E-state index is 11.9. The first kappa shape index (κ1) is 17.5. The van der Waals surface area contributed by atoms with E-state index in [1.807, 2.05) is 0 Å². The van der Waals surface area contributed by atoms with Crippen molar-refractivity contribution in [3.05, 3.63) is 59.1 Å². The summed E-state index contributed by atoms with van der Waals surface area (Å²) in [6.45, 7) is 0. The average molecular weight is 353 g/mol. The third-order valence-corrected chi connectivity index (χ3v) is 5.05. The molecule has 0 radical (unpaired) electrons. The number of rotatable bonds is 6. The maximum absolute atomic E-state index is 11.9. The second-order valence-electron chi connectivity index (χ2n) is 4.88. The predicted molar refractivity (Wildman–Crippen MR) is 91.1 cm³/mol. The van der Waals surface area contributed by atoms with Gasteiger partial charge in [-0.1, -0.05) is 35.9 Å². The highest BCUT2D eigenvalue weighted by atomic mass is 35.5. The molecule has 23 heavy (non-hydrogen) atoms. The fourth-order valence-electron chi connectivity index (χ4n) is 1.99. The number of carbonyl (C=O) groups excluding carboxylic acids is 1. The first-order chi connectivity index (χ1) is 10.9. The van der Waals surface area contributed by atoms with E-state index in [4.69, 9.17) is 11.6 Å². The number of para-hydroxylation sites is 1. The Morgan fingerprint density at radius 1 is 1.09 bits per heavy atom. The molecule has 2 aromatic carbocycles. The van der Waals surface area contributed by atoms with Crippen molar-refractivity contribution >= 4 is 33.2 Å². The highest BCUT2D eigenvalue weighted by molar-refractivity contribution is 7.89. The highest BCUT2D eigenvalue weighted by Gasteiger charge is 2.11. The zero-order chi connectivity index (χ0) is 16.9. The van der Waals surface area contributed by atoms with Gasteiger partial charge in [0.25, 0.3) is 0 Å². The average Bonchev–Trinajstić information content (AvgIpc) is 2.55. The molecular formula is C16H17ClN2O3S. The van der Waals surface area contributed by atoms with Crippen LogP contribution in [-0.4, -0.2) is 21.4 Å². The number of benzene rings is 2. The van der Waals surface area contributed by atoms with E-state index in [1.54, 1.807) is 36.4 Å². The van der Waals surface area contributed by atoms with E-state index in [1.165, 1.54) is 19.2 Å². The number of hydrogen-bond donors (Lipinski definition) is 2. The molecule has 0 aliphatic heterocycles. The molecule has 2 N–H and O–H groups in total. The van der Waals surface area contributed by atoms with Gasteiger partial charge >= 0.3 is 0 Å². The summed E-state index contributed by atoms with van der Waals surface area (Å²) in [7, 11) is -2.07. The van der Waals surface area contributed by atoms with Gasteiger partial charge in [-0.15, -0.1) is 0 Å². The van der Waals surface area contributed by atoms with Gasteiger partial charge in [0, 0.05) is 6.42 Å². The third kappa shape index (κ3) is 4.79. The first-order valence-electron chi connectivity index (χ1n) is 6.99. The molecule has 0 spiro atoms. The molecule has 5 nitrogen and oxygen atoms in total. The molecule has 0 unspecified atom stereocenters. The standard InChI is InChI=1S/C16H17ClN2O3S/c1-18-23(21,22)13-9-6-12(7-10-13)8-11-16(20)19-15-5-3-2-4-14(15)17/h2-7,9-10,18H,8,11H2,1H3,(H,19,20). The van der Waals surface area contributed by atoms with Crippen molar-refractivity contribution in [1.29, 1.82) is 0 Å². The number of sulfonamides is 1. The van der Waals surface area contributed by atoms with E-state index in [0.29, 0.717) is 17.1 Å². The van der Waals surface area contributed by atoms with E-state index in [0.717, 1.165) is 5.56 Å². The molecule has 0 fully saturated rings. The lowest BCUT2D eigenvalue weighted by atomic mass is 10.1. The molecule has 2 aromatic rings. The molecule has 122 valence electrons. The largest absolute Gasteiger partial charge is 0.325 e. The van der Waals surface area contributed by atoms with E-state index in [-0.39, 0.29) is 17.2 Å². The van der Waals surface area contributed by atoms with Crippen molar-refractivity contribution in [3.63, 3.8) is 0 Å². The number of aryl methyl sites for hydroxylation is 1. The number of hydrogen-bond acceptors (Lipinski definition) is 3. The van der Waals surface area contributed by atoms with E-state index >= 15 is 0 Å². The number of carbonyl (C=O) groups is 1. The molecule has 1 amide bonds. The Morgan fingerprint density at radius 2 is 1.74 bits per heavy atom. The van der Waals surface area contributed by atoms with Crippen LogP contribution in [0.5, 0.6) is 0 Å². The molecule has 0 atom stereocenters. The summed E-state index contributed by atoms with van der Waals surface area (Å²) in [5.41, 5.74) is 1.46. The van der Waals surface area contributed by atoms with Crippen molar-refractivity contribution < 1.29 is 13.2 Å². The fraction of sp³-hybridized carbons (Fsp3) is 0.188. The Hall–Kier alpha value is -1.89. The molecule has 0 aliphatic rings. The zero-order valence-corrected chi connectivity index (χ0v) is 14.1. The zero-order valence-electron chi connectivity index (χ0n) is 12.5. The minimum Gasteiger partial charge on any atom is -0.325 e. The third-order valence-electron chi connectivity index (χ3n) is 3.29. The van der Waals surface area contributed by atoms with Gasteiger partial charge in [-0.25, -0.2) is 13.1 Å². The van der Waals surface area contributed by atoms with Crippen molar-refractivity contribution in [2.75, 3.05) is 12.4 Å². The summed E-state index contributed by atoms with van der Waals surface area (Å²) in [6.07, 6.45) is 0.791. The van der Waals surface area contributed by atoms with E-state index in [9.17, 15) is 13.2 Å². The van der Waals surface area contributed by atoms with E-state index < -0.39 is 10.0 Å². The summed E-state index contributed by atoms with van der Waals surface area (Å²) >= 11 is 5.98. The lowest BCUT2D eigenvalue weighted by Crippen LogP contribution is -2.18. The quantitative estimate of drug-likeness (QED) is 0.839. The fourth-order valence-corrected chi connectivity index (χ4v) is 2.90. The van der Waals surface area contributed by atoms with Crippen molar-refractivity contribution in [3.8, 4) is 0 Å². The Balaban J connectivity index is 1.93. The minimum absolute atomic E-state index is 0.148. The Kier molecular flexibility index (Phi) is 5.76. The topological polar surface area (TPSA) is 75.3 Å². The van der Waals surface area contributed by atoms with Gasteiger partial charge in [-0.05, 0) is 43.3 Å². The normalized spacial score (nSPS) is 11.2. The van der Waals surface area contributed by atoms with Crippen LogP contribution in [0.1, 0.15) is 12.0 Å². The SMILES string of the molecule is CNS(=O)(=O)c1ccc(CCC(=O)Nc2ccccc2Cl)cc1. The number of nitrogens with one attached hydrogen (secondary N) is 2. The molecule has 0 saturated heterocycles. The molecular weight excluding hydrogens is 336 g/mol.